The predicted molar refractivity (Wildman–Crippen MR) is 96.8 cm³/mol. The first kappa shape index (κ1) is 18.9. The minimum absolute atomic E-state index is 0. The molecule has 0 radical (unpaired) electrons. The Kier molecular flexibility index (Phi) is 12.3. The molecule has 0 aromatic carbocycles. The standard InChI is InChI=1S/C14H25N5.HI/c1-2-3-9-18-14(15)19-12-7-6-11-17-13-8-4-5-10-16-13;/h4-5,8,10H,2-3,6-7,9,11-12H2,1H3,(H,16,17)(H3,15,18,19);1H. The maximum atomic E-state index is 5.73. The van der Waals surface area contributed by atoms with E-state index in [9.17, 15) is 0 Å². The van der Waals surface area contributed by atoms with Gasteiger partial charge in [-0.25, -0.2) is 4.98 Å². The Hall–Kier alpha value is -1.05. The summed E-state index contributed by atoms with van der Waals surface area (Å²) in [5.41, 5.74) is 5.73. The molecule has 1 heterocycles. The van der Waals surface area contributed by atoms with E-state index in [1.807, 2.05) is 18.2 Å². The van der Waals surface area contributed by atoms with Gasteiger partial charge in [-0.1, -0.05) is 19.4 Å². The first-order valence-corrected chi connectivity index (χ1v) is 7.01. The molecule has 0 atom stereocenters. The highest BCUT2D eigenvalue weighted by atomic mass is 127. The molecule has 0 spiro atoms. The van der Waals surface area contributed by atoms with Crippen LogP contribution in [0.3, 0.4) is 0 Å². The summed E-state index contributed by atoms with van der Waals surface area (Å²) in [7, 11) is 0. The molecule has 0 saturated carbocycles. The third-order valence-corrected chi connectivity index (χ3v) is 2.67. The molecule has 5 nitrogen and oxygen atoms in total. The lowest BCUT2D eigenvalue weighted by atomic mass is 10.3. The highest BCUT2D eigenvalue weighted by molar-refractivity contribution is 14.0. The van der Waals surface area contributed by atoms with Gasteiger partial charge in [0.2, 0.25) is 0 Å². The van der Waals surface area contributed by atoms with Crippen molar-refractivity contribution in [2.75, 3.05) is 25.0 Å². The van der Waals surface area contributed by atoms with Crippen LogP contribution < -0.4 is 16.4 Å². The molecular formula is C14H26IN5. The fourth-order valence-electron chi connectivity index (χ4n) is 1.57. The summed E-state index contributed by atoms with van der Waals surface area (Å²) in [4.78, 5) is 8.48. The van der Waals surface area contributed by atoms with Gasteiger partial charge in [-0.05, 0) is 31.4 Å². The zero-order valence-electron chi connectivity index (χ0n) is 12.1. The minimum Gasteiger partial charge on any atom is -0.370 e. The molecule has 0 aliphatic heterocycles. The summed E-state index contributed by atoms with van der Waals surface area (Å²) in [6.07, 6.45) is 6.16. The number of aromatic nitrogens is 1. The number of pyridine rings is 1. The maximum Gasteiger partial charge on any atom is 0.188 e. The van der Waals surface area contributed by atoms with Crippen molar-refractivity contribution >= 4 is 35.8 Å². The van der Waals surface area contributed by atoms with Crippen molar-refractivity contribution in [3.63, 3.8) is 0 Å². The van der Waals surface area contributed by atoms with Crippen LogP contribution in [0.25, 0.3) is 0 Å². The summed E-state index contributed by atoms with van der Waals surface area (Å²) in [5, 5.41) is 6.37. The van der Waals surface area contributed by atoms with Crippen LogP contribution in [0.1, 0.15) is 32.6 Å². The highest BCUT2D eigenvalue weighted by Crippen LogP contribution is 2.00. The number of aliphatic imine (C=N–C) groups is 1. The molecule has 0 aliphatic rings. The van der Waals surface area contributed by atoms with Crippen LogP contribution in [-0.2, 0) is 0 Å². The van der Waals surface area contributed by atoms with Gasteiger partial charge in [0.05, 0.1) is 0 Å². The topological polar surface area (TPSA) is 75.3 Å². The maximum absolute atomic E-state index is 5.73. The second-order valence-corrected chi connectivity index (χ2v) is 4.40. The van der Waals surface area contributed by atoms with E-state index in [-0.39, 0.29) is 24.0 Å². The molecule has 0 unspecified atom stereocenters. The fraction of sp³-hybridized carbons (Fsp3) is 0.571. The van der Waals surface area contributed by atoms with E-state index in [4.69, 9.17) is 5.73 Å². The Morgan fingerprint density at radius 3 is 2.80 bits per heavy atom. The predicted octanol–water partition coefficient (Wildman–Crippen LogP) is 2.60. The Labute approximate surface area is 138 Å². The molecule has 0 saturated heterocycles. The van der Waals surface area contributed by atoms with Crippen molar-refractivity contribution in [1.82, 2.24) is 10.3 Å². The second kappa shape index (κ2) is 13.0. The first-order chi connectivity index (χ1) is 9.33. The number of halogens is 1. The van der Waals surface area contributed by atoms with Gasteiger partial charge in [0.25, 0.3) is 0 Å². The first-order valence-electron chi connectivity index (χ1n) is 7.01. The zero-order chi connectivity index (χ0) is 13.8. The van der Waals surface area contributed by atoms with Gasteiger partial charge >= 0.3 is 0 Å². The minimum atomic E-state index is 0. The SMILES string of the molecule is CCCCNC(N)=NCCCCNc1ccccn1.I. The normalized spacial score (nSPS) is 10.8. The van der Waals surface area contributed by atoms with Crippen LogP contribution in [0, 0.1) is 0 Å². The zero-order valence-corrected chi connectivity index (χ0v) is 14.5. The summed E-state index contributed by atoms with van der Waals surface area (Å²) in [6, 6.07) is 5.85. The smallest absolute Gasteiger partial charge is 0.188 e. The second-order valence-electron chi connectivity index (χ2n) is 4.40. The van der Waals surface area contributed by atoms with Crippen LogP contribution in [-0.4, -0.2) is 30.6 Å². The molecular weight excluding hydrogens is 365 g/mol. The van der Waals surface area contributed by atoms with Crippen molar-refractivity contribution in [3.8, 4) is 0 Å². The summed E-state index contributed by atoms with van der Waals surface area (Å²) in [5.74, 6) is 1.48. The van der Waals surface area contributed by atoms with Crippen molar-refractivity contribution in [2.24, 2.45) is 10.7 Å². The van der Waals surface area contributed by atoms with Gasteiger partial charge in [0.15, 0.2) is 5.96 Å². The number of hydrogen-bond donors (Lipinski definition) is 3. The highest BCUT2D eigenvalue weighted by Gasteiger charge is 1.93. The van der Waals surface area contributed by atoms with E-state index in [2.05, 4.69) is 27.5 Å². The lowest BCUT2D eigenvalue weighted by Crippen LogP contribution is -2.32. The third-order valence-electron chi connectivity index (χ3n) is 2.67. The largest absolute Gasteiger partial charge is 0.370 e. The molecule has 1 aromatic rings. The molecule has 1 aromatic heterocycles. The lowest BCUT2D eigenvalue weighted by Gasteiger charge is -2.05. The van der Waals surface area contributed by atoms with Gasteiger partial charge in [-0.3, -0.25) is 4.99 Å². The molecule has 1 rings (SSSR count). The van der Waals surface area contributed by atoms with Crippen LogP contribution in [0.2, 0.25) is 0 Å². The molecule has 0 fully saturated rings. The Morgan fingerprint density at radius 1 is 1.25 bits per heavy atom. The van der Waals surface area contributed by atoms with Gasteiger partial charge in [0.1, 0.15) is 5.82 Å². The molecule has 6 heteroatoms. The number of hydrogen-bond acceptors (Lipinski definition) is 3. The molecule has 0 aliphatic carbocycles. The van der Waals surface area contributed by atoms with Gasteiger partial charge < -0.3 is 16.4 Å². The number of unbranched alkanes of at least 4 members (excludes halogenated alkanes) is 2. The molecule has 0 amide bonds. The Balaban J connectivity index is 0.00000361. The van der Waals surface area contributed by atoms with Crippen molar-refractivity contribution in [2.45, 2.75) is 32.6 Å². The number of nitrogens with two attached hydrogens (primary N) is 1. The molecule has 4 N–H and O–H groups in total. The number of guanidine groups is 1. The van der Waals surface area contributed by atoms with Crippen molar-refractivity contribution in [3.05, 3.63) is 24.4 Å². The van der Waals surface area contributed by atoms with Crippen LogP contribution >= 0.6 is 24.0 Å². The average Bonchev–Trinajstić information content (AvgIpc) is 2.44. The lowest BCUT2D eigenvalue weighted by molar-refractivity contribution is 0.737. The molecule has 0 bridgehead atoms. The Morgan fingerprint density at radius 2 is 2.10 bits per heavy atom. The molecule has 20 heavy (non-hydrogen) atoms. The van der Waals surface area contributed by atoms with E-state index in [1.54, 1.807) is 6.20 Å². The monoisotopic (exact) mass is 391 g/mol. The summed E-state index contributed by atoms with van der Waals surface area (Å²) >= 11 is 0. The number of nitrogens with zero attached hydrogens (tertiary/aromatic N) is 2. The van der Waals surface area contributed by atoms with E-state index >= 15 is 0 Å². The van der Waals surface area contributed by atoms with E-state index in [1.165, 1.54) is 6.42 Å². The van der Waals surface area contributed by atoms with Crippen LogP contribution in [0.5, 0.6) is 0 Å². The Bertz CT molecular complexity index is 356. The van der Waals surface area contributed by atoms with Gasteiger partial charge in [0, 0.05) is 25.8 Å². The van der Waals surface area contributed by atoms with Crippen molar-refractivity contribution < 1.29 is 0 Å². The number of anilines is 1. The van der Waals surface area contributed by atoms with Crippen molar-refractivity contribution in [1.29, 1.82) is 0 Å². The quantitative estimate of drug-likeness (QED) is 0.262. The summed E-state index contributed by atoms with van der Waals surface area (Å²) in [6.45, 7) is 4.75. The number of nitrogens with one attached hydrogen (secondary N) is 2. The summed E-state index contributed by atoms with van der Waals surface area (Å²) < 4.78 is 0. The van der Waals surface area contributed by atoms with Gasteiger partial charge in [-0.2, -0.15) is 0 Å². The third kappa shape index (κ3) is 9.82. The van der Waals surface area contributed by atoms with Gasteiger partial charge in [-0.15, -0.1) is 24.0 Å². The van der Waals surface area contributed by atoms with E-state index in [0.29, 0.717) is 5.96 Å². The van der Waals surface area contributed by atoms with E-state index < -0.39 is 0 Å². The van der Waals surface area contributed by atoms with E-state index in [0.717, 1.165) is 44.7 Å². The number of rotatable bonds is 9. The molecule has 114 valence electrons. The van der Waals surface area contributed by atoms with Crippen LogP contribution in [0.4, 0.5) is 5.82 Å². The van der Waals surface area contributed by atoms with Crippen LogP contribution in [0.15, 0.2) is 29.4 Å². The average molecular weight is 391 g/mol. The fourth-order valence-corrected chi connectivity index (χ4v) is 1.57.